The number of aromatic amines is 1. The van der Waals surface area contributed by atoms with Gasteiger partial charge in [-0.3, -0.25) is 14.7 Å². The third-order valence-electron chi connectivity index (χ3n) is 6.77. The molecule has 9 heteroatoms. The predicted molar refractivity (Wildman–Crippen MR) is 145 cm³/mol. The van der Waals surface area contributed by atoms with E-state index in [1.807, 2.05) is 32.2 Å². The van der Waals surface area contributed by atoms with Crippen molar-refractivity contribution in [3.63, 3.8) is 0 Å². The summed E-state index contributed by atoms with van der Waals surface area (Å²) in [7, 11) is -4.01. The molecule has 1 amide bonds. The Kier molecular flexibility index (Phi) is 7.07. The number of hydrogen-bond acceptors (Lipinski definition) is 5. The Labute approximate surface area is 221 Å². The first-order chi connectivity index (χ1) is 17.7. The number of nitrogens with one attached hydrogen (secondary N) is 2. The van der Waals surface area contributed by atoms with Crippen molar-refractivity contribution in [3.05, 3.63) is 88.3 Å². The number of aromatic nitrogens is 2. The molecule has 0 spiro atoms. The highest BCUT2D eigenvalue weighted by Gasteiger charge is 2.31. The molecule has 1 saturated heterocycles. The maximum Gasteiger partial charge on any atom is 0.269 e. The lowest BCUT2D eigenvalue weighted by atomic mass is 10.0. The molecule has 37 heavy (non-hydrogen) atoms. The SMILES string of the molecule is Cc1cc(C)cc(S(=O)(=O)c2c(C(=O)NC3CCN(Cc4cccnc4)CC3)[nH]c3ccc(Cl)cc23)c1. The number of rotatable bonds is 6. The second kappa shape index (κ2) is 10.3. The smallest absolute Gasteiger partial charge is 0.269 e. The van der Waals surface area contributed by atoms with E-state index >= 15 is 0 Å². The summed E-state index contributed by atoms with van der Waals surface area (Å²) >= 11 is 6.24. The summed E-state index contributed by atoms with van der Waals surface area (Å²) in [5.41, 5.74) is 3.40. The molecule has 1 fully saturated rings. The van der Waals surface area contributed by atoms with Crippen LogP contribution in [0.2, 0.25) is 5.02 Å². The van der Waals surface area contributed by atoms with Gasteiger partial charge in [-0.1, -0.05) is 23.7 Å². The number of aryl methyl sites for hydroxylation is 2. The molecule has 2 aromatic carbocycles. The van der Waals surface area contributed by atoms with E-state index in [2.05, 4.69) is 26.3 Å². The van der Waals surface area contributed by atoms with Crippen molar-refractivity contribution in [1.29, 1.82) is 0 Å². The van der Waals surface area contributed by atoms with Gasteiger partial charge in [0.25, 0.3) is 5.91 Å². The summed E-state index contributed by atoms with van der Waals surface area (Å²) in [6.45, 7) is 6.18. The summed E-state index contributed by atoms with van der Waals surface area (Å²) in [6.07, 6.45) is 5.18. The monoisotopic (exact) mass is 536 g/mol. The minimum atomic E-state index is -4.01. The molecule has 0 bridgehead atoms. The van der Waals surface area contributed by atoms with E-state index in [0.717, 1.165) is 49.2 Å². The molecule has 0 atom stereocenters. The summed E-state index contributed by atoms with van der Waals surface area (Å²) in [6, 6.07) is 14.1. The molecule has 2 N–H and O–H groups in total. The summed E-state index contributed by atoms with van der Waals surface area (Å²) in [5, 5.41) is 3.88. The van der Waals surface area contributed by atoms with Crippen LogP contribution in [0.5, 0.6) is 0 Å². The van der Waals surface area contributed by atoms with Crippen LogP contribution in [0.25, 0.3) is 10.9 Å². The lowest BCUT2D eigenvalue weighted by Crippen LogP contribution is -2.44. The van der Waals surface area contributed by atoms with Crippen LogP contribution in [0, 0.1) is 13.8 Å². The Morgan fingerprint density at radius 1 is 1.11 bits per heavy atom. The van der Waals surface area contributed by atoms with Gasteiger partial charge in [0.15, 0.2) is 0 Å². The van der Waals surface area contributed by atoms with Gasteiger partial charge in [0.1, 0.15) is 10.6 Å². The van der Waals surface area contributed by atoms with Crippen molar-refractivity contribution >= 4 is 38.2 Å². The Balaban J connectivity index is 1.41. The summed E-state index contributed by atoms with van der Waals surface area (Å²) < 4.78 is 27.8. The quantitative estimate of drug-likeness (QED) is 0.359. The summed E-state index contributed by atoms with van der Waals surface area (Å²) in [4.78, 5) is 23.2. The Morgan fingerprint density at radius 3 is 2.51 bits per heavy atom. The Bertz CT molecular complexity index is 1540. The van der Waals surface area contributed by atoms with E-state index in [-0.39, 0.29) is 21.5 Å². The van der Waals surface area contributed by atoms with E-state index < -0.39 is 15.7 Å². The highest BCUT2D eigenvalue weighted by atomic mass is 35.5. The van der Waals surface area contributed by atoms with Crippen LogP contribution in [0.4, 0.5) is 0 Å². The average Bonchev–Trinajstić information content (AvgIpc) is 3.25. The number of nitrogens with zero attached hydrogens (tertiary/aromatic N) is 2. The first-order valence-electron chi connectivity index (χ1n) is 12.3. The van der Waals surface area contributed by atoms with Gasteiger partial charge in [0.05, 0.1) is 4.90 Å². The molecule has 2 aromatic heterocycles. The Morgan fingerprint density at radius 2 is 1.84 bits per heavy atom. The van der Waals surface area contributed by atoms with Crippen molar-refractivity contribution < 1.29 is 13.2 Å². The molecule has 4 aromatic rings. The molecule has 3 heterocycles. The van der Waals surface area contributed by atoms with Crippen molar-refractivity contribution in [2.45, 2.75) is 49.1 Å². The van der Waals surface area contributed by atoms with Gasteiger partial charge >= 0.3 is 0 Å². The van der Waals surface area contributed by atoms with Crippen molar-refractivity contribution in [2.75, 3.05) is 13.1 Å². The molecular weight excluding hydrogens is 508 g/mol. The fourth-order valence-corrected chi connectivity index (χ4v) is 6.99. The number of carbonyl (C=O) groups is 1. The predicted octanol–water partition coefficient (Wildman–Crippen LogP) is 5.06. The van der Waals surface area contributed by atoms with Gasteiger partial charge in [0, 0.05) is 54.0 Å². The average molecular weight is 537 g/mol. The van der Waals surface area contributed by atoms with Crippen LogP contribution in [0.3, 0.4) is 0 Å². The zero-order chi connectivity index (χ0) is 26.2. The highest BCUT2D eigenvalue weighted by molar-refractivity contribution is 7.91. The number of benzene rings is 2. The van der Waals surface area contributed by atoms with Crippen LogP contribution in [0.15, 0.2) is 70.7 Å². The van der Waals surface area contributed by atoms with Crippen molar-refractivity contribution in [2.24, 2.45) is 0 Å². The Hall–Kier alpha value is -3.20. The number of amides is 1. The minimum Gasteiger partial charge on any atom is -0.349 e. The molecule has 1 aliphatic rings. The molecule has 0 aliphatic carbocycles. The highest BCUT2D eigenvalue weighted by Crippen LogP contribution is 2.34. The standard InChI is InChI=1S/C28H29ClN4O3S/c1-18-12-19(2)14-23(13-18)37(35,36)27-24-15-21(29)5-6-25(24)32-26(27)28(34)31-22-7-10-33(11-8-22)17-20-4-3-9-30-16-20/h3-6,9,12-16,22,32H,7-8,10-11,17H2,1-2H3,(H,31,34). The van der Waals surface area contributed by atoms with Crippen molar-refractivity contribution in [3.8, 4) is 0 Å². The molecule has 5 rings (SSSR count). The van der Waals surface area contributed by atoms with Crippen LogP contribution >= 0.6 is 11.6 Å². The largest absolute Gasteiger partial charge is 0.349 e. The first kappa shape index (κ1) is 25.4. The number of piperidine rings is 1. The molecule has 7 nitrogen and oxygen atoms in total. The summed E-state index contributed by atoms with van der Waals surface area (Å²) in [5.74, 6) is -0.430. The third kappa shape index (κ3) is 5.42. The van der Waals surface area contributed by atoms with Gasteiger partial charge in [-0.05, 0) is 79.8 Å². The first-order valence-corrected chi connectivity index (χ1v) is 14.1. The number of hydrogen-bond donors (Lipinski definition) is 2. The lowest BCUT2D eigenvalue weighted by molar-refractivity contribution is 0.0901. The lowest BCUT2D eigenvalue weighted by Gasteiger charge is -2.32. The molecule has 0 saturated carbocycles. The van der Waals surface area contributed by atoms with Crippen LogP contribution in [-0.2, 0) is 16.4 Å². The number of fused-ring (bicyclic) bond motifs is 1. The zero-order valence-corrected chi connectivity index (χ0v) is 22.4. The third-order valence-corrected chi connectivity index (χ3v) is 8.82. The maximum atomic E-state index is 13.9. The molecule has 1 aliphatic heterocycles. The molecule has 0 radical (unpaired) electrons. The van der Waals surface area contributed by atoms with E-state index in [9.17, 15) is 13.2 Å². The van der Waals surface area contributed by atoms with Crippen molar-refractivity contribution in [1.82, 2.24) is 20.2 Å². The second-order valence-electron chi connectivity index (χ2n) is 9.73. The van der Waals surface area contributed by atoms with E-state index in [1.165, 1.54) is 0 Å². The van der Waals surface area contributed by atoms with Crippen LogP contribution < -0.4 is 5.32 Å². The van der Waals surface area contributed by atoms with Gasteiger partial charge < -0.3 is 10.3 Å². The molecular formula is C28H29ClN4O3S. The zero-order valence-electron chi connectivity index (χ0n) is 20.8. The molecule has 0 unspecified atom stereocenters. The van der Waals surface area contributed by atoms with Crippen LogP contribution in [-0.4, -0.2) is 48.3 Å². The number of pyridine rings is 1. The topological polar surface area (TPSA) is 95.2 Å². The molecule has 192 valence electrons. The van der Waals surface area contributed by atoms with E-state index in [1.54, 1.807) is 36.5 Å². The van der Waals surface area contributed by atoms with Gasteiger partial charge in [0.2, 0.25) is 9.84 Å². The van der Waals surface area contributed by atoms with E-state index in [0.29, 0.717) is 15.9 Å². The number of sulfone groups is 1. The number of likely N-dealkylation sites (tertiary alicyclic amines) is 1. The van der Waals surface area contributed by atoms with Crippen LogP contribution in [0.1, 0.15) is 40.0 Å². The maximum absolute atomic E-state index is 13.9. The number of halogens is 1. The number of H-pyrrole nitrogens is 1. The number of carbonyl (C=O) groups excluding carboxylic acids is 1. The van der Waals surface area contributed by atoms with Gasteiger partial charge in [-0.2, -0.15) is 0 Å². The minimum absolute atomic E-state index is 0.0363. The normalized spacial score (nSPS) is 15.2. The van der Waals surface area contributed by atoms with E-state index in [4.69, 9.17) is 11.6 Å². The fourth-order valence-electron chi connectivity index (χ4n) is 5.03. The van der Waals surface area contributed by atoms with Gasteiger partial charge in [-0.25, -0.2) is 8.42 Å². The fraction of sp³-hybridized carbons (Fsp3) is 0.286. The second-order valence-corrected chi connectivity index (χ2v) is 12.1. The van der Waals surface area contributed by atoms with Gasteiger partial charge in [-0.15, -0.1) is 0 Å².